The van der Waals surface area contributed by atoms with Crippen LogP contribution < -0.4 is 2.89 Å². The number of hydrogen-bond donors (Lipinski definition) is 0. The fourth-order valence-electron chi connectivity index (χ4n) is 3.57. The first kappa shape index (κ1) is 23.5. The van der Waals surface area contributed by atoms with Gasteiger partial charge in [0.1, 0.15) is 0 Å². The second kappa shape index (κ2) is 12.0. The van der Waals surface area contributed by atoms with Crippen molar-refractivity contribution < 1.29 is 9.53 Å². The quantitative estimate of drug-likeness (QED) is 0.200. The minimum atomic E-state index is -0.737. The van der Waals surface area contributed by atoms with E-state index in [1.807, 2.05) is 17.7 Å². The van der Waals surface area contributed by atoms with Gasteiger partial charge in [0.05, 0.1) is 0 Å². The van der Waals surface area contributed by atoms with E-state index in [9.17, 15) is 4.79 Å². The molecule has 4 nitrogen and oxygen atoms in total. The van der Waals surface area contributed by atoms with E-state index in [-0.39, 0.29) is 5.97 Å². The van der Waals surface area contributed by atoms with Gasteiger partial charge in [-0.1, -0.05) is 0 Å². The molecule has 0 aliphatic rings. The van der Waals surface area contributed by atoms with Gasteiger partial charge in [-0.2, -0.15) is 0 Å². The summed E-state index contributed by atoms with van der Waals surface area (Å²) in [5.41, 5.74) is 0.863. The van der Waals surface area contributed by atoms with Gasteiger partial charge < -0.3 is 0 Å². The fraction of sp³-hybridized carbons (Fsp3) is 0.636. The Bertz CT molecular complexity index is 744. The number of methoxy groups -OCH3 is 1. The molecule has 0 bridgehead atoms. The number of fused-ring (bicyclic) bond motifs is 1. The average Bonchev–Trinajstić information content (AvgIpc) is 3.27. The molecule has 2 radical (unpaired) electrons. The van der Waals surface area contributed by atoms with E-state index in [2.05, 4.69) is 36.4 Å². The van der Waals surface area contributed by atoms with E-state index in [0.29, 0.717) is 3.43 Å². The second-order valence-corrected chi connectivity index (χ2v) is 14.9. The van der Waals surface area contributed by atoms with Gasteiger partial charge in [-0.15, -0.1) is 0 Å². The van der Waals surface area contributed by atoms with Crippen molar-refractivity contribution in [2.45, 2.75) is 82.0 Å². The number of nitrogens with zero attached hydrogens (tertiary/aromatic N) is 2. The predicted octanol–water partition coefficient (Wildman–Crippen LogP) is 5.64. The Morgan fingerprint density at radius 2 is 1.79 bits per heavy atom. The topological polar surface area (TPSA) is 43.6 Å². The van der Waals surface area contributed by atoms with Crippen LogP contribution in [0.2, 0.25) is 3.43 Å². The summed E-state index contributed by atoms with van der Waals surface area (Å²) in [6, 6.07) is 0. The van der Waals surface area contributed by atoms with Crippen LogP contribution in [-0.4, -0.2) is 43.6 Å². The van der Waals surface area contributed by atoms with Crippen LogP contribution in [0.4, 0.5) is 0 Å². The molecule has 6 heteroatoms. The number of rotatable bonds is 13. The predicted molar refractivity (Wildman–Crippen MR) is 121 cm³/mol. The number of hydrogen-bond acceptors (Lipinski definition) is 4. The van der Waals surface area contributed by atoms with Gasteiger partial charge in [0.25, 0.3) is 0 Å². The molecule has 0 saturated carbocycles. The van der Waals surface area contributed by atoms with E-state index in [4.69, 9.17) is 4.74 Å². The number of carbonyl (C=O) groups excluding carboxylic acids is 1. The third-order valence-electron chi connectivity index (χ3n) is 5.23. The number of ether oxygens (including phenoxy) is 1. The second-order valence-electron chi connectivity index (χ2n) is 7.51. The Balaban J connectivity index is 2.26. The third kappa shape index (κ3) is 6.61. The molecule has 0 unspecified atom stereocenters. The van der Waals surface area contributed by atoms with Crippen molar-refractivity contribution in [2.75, 3.05) is 7.11 Å². The Kier molecular flexibility index (Phi) is 10.1. The minimum absolute atomic E-state index is 0.341. The summed E-state index contributed by atoms with van der Waals surface area (Å²) >= 11 is 1.15. The molecular formula is C22H34N2O2SSn. The van der Waals surface area contributed by atoms with Crippen molar-refractivity contribution in [3.05, 3.63) is 24.3 Å². The molecule has 0 atom stereocenters. The third-order valence-corrected chi connectivity index (χ3v) is 12.5. The summed E-state index contributed by atoms with van der Waals surface area (Å²) in [6.07, 6.45) is 19.5. The van der Waals surface area contributed by atoms with Gasteiger partial charge in [0.15, 0.2) is 0 Å². The number of thiazole rings is 1. The standard InChI is InChI=1S/C13H27.C9H7N2O2S.Sn/c1-4-7-10-13(11-8-5-2)12-9-6-3;1-13-8(12)3-2-7-9-11(6-10-7)4-5-14-9;/h4-12H2,1-3H3;2-4,6H,1H3;. The Morgan fingerprint density at radius 1 is 1.18 bits per heavy atom. The van der Waals surface area contributed by atoms with Crippen molar-refractivity contribution >= 4 is 52.2 Å². The van der Waals surface area contributed by atoms with Gasteiger partial charge in [-0.3, -0.25) is 0 Å². The van der Waals surface area contributed by atoms with Crippen LogP contribution in [0.5, 0.6) is 0 Å². The zero-order chi connectivity index (χ0) is 20.4. The number of aromatic nitrogens is 2. The molecule has 0 aliphatic carbocycles. The van der Waals surface area contributed by atoms with Gasteiger partial charge in [-0.25, -0.2) is 0 Å². The number of carbonyl (C=O) groups is 1. The first-order valence-corrected chi connectivity index (χ1v) is 14.2. The number of esters is 1. The first-order chi connectivity index (χ1) is 13.6. The summed E-state index contributed by atoms with van der Waals surface area (Å²) < 4.78 is 9.02. The summed E-state index contributed by atoms with van der Waals surface area (Å²) in [5.74, 6) is -0.341. The summed E-state index contributed by atoms with van der Waals surface area (Å²) in [6.45, 7) is 6.95. The van der Waals surface area contributed by atoms with Crippen LogP contribution in [-0.2, 0) is 9.53 Å². The van der Waals surface area contributed by atoms with E-state index in [1.54, 1.807) is 8.97 Å². The van der Waals surface area contributed by atoms with Crippen molar-refractivity contribution in [2.24, 2.45) is 0 Å². The molecule has 2 aromatic rings. The van der Waals surface area contributed by atoms with Gasteiger partial charge in [-0.05, 0) is 0 Å². The zero-order valence-electron chi connectivity index (χ0n) is 17.8. The van der Waals surface area contributed by atoms with Crippen LogP contribution in [0.3, 0.4) is 0 Å². The van der Waals surface area contributed by atoms with E-state index >= 15 is 0 Å². The van der Waals surface area contributed by atoms with E-state index in [0.717, 1.165) is 10.5 Å². The molecule has 0 aromatic carbocycles. The molecule has 2 heterocycles. The van der Waals surface area contributed by atoms with Crippen LogP contribution in [0.25, 0.3) is 10.9 Å². The Morgan fingerprint density at radius 3 is 2.32 bits per heavy atom. The average molecular weight is 509 g/mol. The monoisotopic (exact) mass is 510 g/mol. The molecule has 28 heavy (non-hydrogen) atoms. The van der Waals surface area contributed by atoms with E-state index in [1.165, 1.54) is 71.0 Å². The zero-order valence-corrected chi connectivity index (χ0v) is 21.5. The molecule has 154 valence electrons. The SMILES string of the molecule is CCCC[C](CCCC)(CCCC)[Sn][c]1cn2cnc(C=CC(=O)OC)c2s1. The summed E-state index contributed by atoms with van der Waals surface area (Å²) in [7, 11) is 1.40. The Labute approximate surface area is 184 Å². The molecule has 0 N–H and O–H groups in total. The molecule has 0 saturated heterocycles. The molecule has 2 rings (SSSR count). The van der Waals surface area contributed by atoms with Crippen molar-refractivity contribution in [3.8, 4) is 0 Å². The maximum absolute atomic E-state index is 11.4. The van der Waals surface area contributed by atoms with Crippen molar-refractivity contribution in [3.63, 3.8) is 0 Å². The molecular weight excluding hydrogens is 475 g/mol. The molecule has 0 fully saturated rings. The van der Waals surface area contributed by atoms with Crippen LogP contribution >= 0.6 is 11.3 Å². The summed E-state index contributed by atoms with van der Waals surface area (Å²) in [5, 5.41) is 0. The first-order valence-electron chi connectivity index (χ1n) is 10.6. The maximum atomic E-state index is 11.4. The fourth-order valence-corrected chi connectivity index (χ4v) is 11.8. The number of imidazole rings is 1. The van der Waals surface area contributed by atoms with Crippen LogP contribution in [0.1, 0.15) is 84.3 Å². The van der Waals surface area contributed by atoms with Crippen LogP contribution in [0.15, 0.2) is 18.6 Å². The molecule has 2 aromatic heterocycles. The van der Waals surface area contributed by atoms with Gasteiger partial charge in [0, 0.05) is 0 Å². The van der Waals surface area contributed by atoms with Gasteiger partial charge in [0.2, 0.25) is 0 Å². The van der Waals surface area contributed by atoms with Crippen molar-refractivity contribution in [1.29, 1.82) is 0 Å². The molecule has 0 spiro atoms. The summed E-state index contributed by atoms with van der Waals surface area (Å²) in [4.78, 5) is 17.0. The van der Waals surface area contributed by atoms with Gasteiger partial charge >= 0.3 is 185 Å². The Hall–Kier alpha value is -0.821. The van der Waals surface area contributed by atoms with E-state index < -0.39 is 21.1 Å². The van der Waals surface area contributed by atoms with Crippen molar-refractivity contribution in [1.82, 2.24) is 9.38 Å². The van der Waals surface area contributed by atoms with Crippen LogP contribution in [0, 0.1) is 0 Å². The molecule has 0 amide bonds. The number of unbranched alkanes of at least 4 members (excludes halogenated alkanes) is 3. The molecule has 0 aliphatic heterocycles. The normalized spacial score (nSPS) is 12.3.